The standard InChI is InChI=1S/C20H34O5/c1-15(24-19(21)17-9-5-3-6-10-17)13-23-14-16(2)25-20(22)18-11-7-4-8-12-18/h15-18H,3-14H2,1-2H3. The van der Waals surface area contributed by atoms with Crippen LogP contribution in [0, 0.1) is 11.8 Å². The van der Waals surface area contributed by atoms with Crippen LogP contribution >= 0.6 is 0 Å². The highest BCUT2D eigenvalue weighted by atomic mass is 16.6. The van der Waals surface area contributed by atoms with Gasteiger partial charge in [-0.3, -0.25) is 9.59 Å². The van der Waals surface area contributed by atoms with Crippen LogP contribution in [0.4, 0.5) is 0 Å². The van der Waals surface area contributed by atoms with Gasteiger partial charge in [-0.2, -0.15) is 0 Å². The van der Waals surface area contributed by atoms with Crippen molar-refractivity contribution in [1.82, 2.24) is 0 Å². The van der Waals surface area contributed by atoms with Gasteiger partial charge in [-0.25, -0.2) is 0 Å². The van der Waals surface area contributed by atoms with E-state index in [1.165, 1.54) is 12.8 Å². The summed E-state index contributed by atoms with van der Waals surface area (Å²) < 4.78 is 16.5. The van der Waals surface area contributed by atoms with E-state index in [0.29, 0.717) is 13.2 Å². The molecule has 0 aromatic heterocycles. The molecule has 2 unspecified atom stereocenters. The van der Waals surface area contributed by atoms with Crippen molar-refractivity contribution in [2.75, 3.05) is 13.2 Å². The van der Waals surface area contributed by atoms with Crippen LogP contribution in [0.5, 0.6) is 0 Å². The maximum Gasteiger partial charge on any atom is 0.309 e. The van der Waals surface area contributed by atoms with Gasteiger partial charge in [0.05, 0.1) is 25.0 Å². The first-order chi connectivity index (χ1) is 12.1. The van der Waals surface area contributed by atoms with Crippen LogP contribution in [0.1, 0.15) is 78.1 Å². The van der Waals surface area contributed by atoms with Gasteiger partial charge < -0.3 is 14.2 Å². The molecule has 2 aliphatic carbocycles. The second kappa shape index (κ2) is 10.8. The fourth-order valence-corrected chi connectivity index (χ4v) is 3.73. The van der Waals surface area contributed by atoms with E-state index in [4.69, 9.17) is 14.2 Å². The Morgan fingerprint density at radius 3 is 1.44 bits per heavy atom. The SMILES string of the molecule is CC(COCC(C)OC(=O)C1CCCCC1)OC(=O)C1CCCCC1. The topological polar surface area (TPSA) is 61.8 Å². The molecule has 144 valence electrons. The number of carbonyl (C=O) groups excluding carboxylic acids is 2. The van der Waals surface area contributed by atoms with Crippen LogP contribution < -0.4 is 0 Å². The van der Waals surface area contributed by atoms with Crippen LogP contribution in [0.25, 0.3) is 0 Å². The summed E-state index contributed by atoms with van der Waals surface area (Å²) in [7, 11) is 0. The first-order valence-corrected chi connectivity index (χ1v) is 10.0. The average Bonchev–Trinajstić information content (AvgIpc) is 2.63. The fourth-order valence-electron chi connectivity index (χ4n) is 3.73. The van der Waals surface area contributed by atoms with Crippen molar-refractivity contribution in [3.63, 3.8) is 0 Å². The smallest absolute Gasteiger partial charge is 0.309 e. The largest absolute Gasteiger partial charge is 0.460 e. The highest BCUT2D eigenvalue weighted by Crippen LogP contribution is 2.26. The number of hydrogen-bond donors (Lipinski definition) is 0. The molecule has 2 atom stereocenters. The maximum absolute atomic E-state index is 12.1. The van der Waals surface area contributed by atoms with Gasteiger partial charge in [0.1, 0.15) is 12.2 Å². The van der Waals surface area contributed by atoms with Crippen molar-refractivity contribution < 1.29 is 23.8 Å². The van der Waals surface area contributed by atoms with Gasteiger partial charge in [-0.15, -0.1) is 0 Å². The summed E-state index contributed by atoms with van der Waals surface area (Å²) in [6, 6.07) is 0. The zero-order valence-electron chi connectivity index (χ0n) is 15.8. The minimum atomic E-state index is -0.268. The lowest BCUT2D eigenvalue weighted by Gasteiger charge is -2.24. The quantitative estimate of drug-likeness (QED) is 0.616. The Morgan fingerprint density at radius 1 is 0.720 bits per heavy atom. The molecule has 0 spiro atoms. The molecule has 5 nitrogen and oxygen atoms in total. The van der Waals surface area contributed by atoms with E-state index in [9.17, 15) is 9.59 Å². The highest BCUT2D eigenvalue weighted by molar-refractivity contribution is 5.73. The zero-order valence-corrected chi connectivity index (χ0v) is 15.8. The Hall–Kier alpha value is -1.10. The summed E-state index contributed by atoms with van der Waals surface area (Å²) >= 11 is 0. The molecule has 0 aliphatic heterocycles. The summed E-state index contributed by atoms with van der Waals surface area (Å²) in [4.78, 5) is 24.2. The molecule has 2 saturated carbocycles. The Balaban J connectivity index is 1.57. The van der Waals surface area contributed by atoms with E-state index >= 15 is 0 Å². The zero-order chi connectivity index (χ0) is 18.1. The van der Waals surface area contributed by atoms with Crippen LogP contribution in [-0.2, 0) is 23.8 Å². The highest BCUT2D eigenvalue weighted by Gasteiger charge is 2.25. The molecule has 2 aliphatic rings. The van der Waals surface area contributed by atoms with Gasteiger partial charge >= 0.3 is 11.9 Å². The minimum absolute atomic E-state index is 0.0616. The molecular formula is C20H34O5. The lowest BCUT2D eigenvalue weighted by atomic mass is 9.89. The molecule has 2 rings (SSSR count). The van der Waals surface area contributed by atoms with E-state index in [2.05, 4.69) is 0 Å². The molecule has 0 amide bonds. The minimum Gasteiger partial charge on any atom is -0.460 e. The van der Waals surface area contributed by atoms with Gasteiger partial charge in [0.2, 0.25) is 0 Å². The molecule has 0 heterocycles. The van der Waals surface area contributed by atoms with E-state index < -0.39 is 0 Å². The van der Waals surface area contributed by atoms with Crippen molar-refractivity contribution in [3.05, 3.63) is 0 Å². The maximum atomic E-state index is 12.1. The molecule has 0 aromatic carbocycles. The Bertz CT molecular complexity index is 372. The number of ether oxygens (including phenoxy) is 3. The molecule has 0 radical (unpaired) electrons. The van der Waals surface area contributed by atoms with E-state index in [-0.39, 0.29) is 36.0 Å². The van der Waals surface area contributed by atoms with Crippen LogP contribution in [0.3, 0.4) is 0 Å². The van der Waals surface area contributed by atoms with Gasteiger partial charge in [0, 0.05) is 0 Å². The first kappa shape index (κ1) is 20.2. The van der Waals surface area contributed by atoms with Gasteiger partial charge in [-0.1, -0.05) is 38.5 Å². The Labute approximate surface area is 151 Å². The van der Waals surface area contributed by atoms with Crippen LogP contribution in [0.15, 0.2) is 0 Å². The second-order valence-corrected chi connectivity index (χ2v) is 7.70. The van der Waals surface area contributed by atoms with Gasteiger partial charge in [-0.05, 0) is 39.5 Å². The van der Waals surface area contributed by atoms with Crippen LogP contribution in [-0.4, -0.2) is 37.4 Å². The van der Waals surface area contributed by atoms with Crippen molar-refractivity contribution in [2.45, 2.75) is 90.3 Å². The summed E-state index contributed by atoms with van der Waals surface area (Å²) in [5, 5.41) is 0. The third kappa shape index (κ3) is 7.35. The normalized spacial score (nSPS) is 22.2. The summed E-state index contributed by atoms with van der Waals surface area (Å²) in [5.74, 6) is -0.0571. The number of rotatable bonds is 8. The first-order valence-electron chi connectivity index (χ1n) is 10.0. The summed E-state index contributed by atoms with van der Waals surface area (Å²) in [5.41, 5.74) is 0. The van der Waals surface area contributed by atoms with Gasteiger partial charge in [0.15, 0.2) is 0 Å². The summed E-state index contributed by atoms with van der Waals surface area (Å²) in [6.07, 6.45) is 10.2. The molecule has 0 aromatic rings. The predicted molar refractivity (Wildman–Crippen MR) is 95.1 cm³/mol. The average molecular weight is 354 g/mol. The van der Waals surface area contributed by atoms with Gasteiger partial charge in [0.25, 0.3) is 0 Å². The van der Waals surface area contributed by atoms with Crippen molar-refractivity contribution in [2.24, 2.45) is 11.8 Å². The van der Waals surface area contributed by atoms with Crippen LogP contribution in [0.2, 0.25) is 0 Å². The monoisotopic (exact) mass is 354 g/mol. The molecule has 0 N–H and O–H groups in total. The Kier molecular flexibility index (Phi) is 8.73. The lowest BCUT2D eigenvalue weighted by molar-refractivity contribution is -0.160. The lowest BCUT2D eigenvalue weighted by Crippen LogP contribution is -2.30. The molecule has 25 heavy (non-hydrogen) atoms. The number of hydrogen-bond acceptors (Lipinski definition) is 5. The van der Waals surface area contributed by atoms with E-state index in [0.717, 1.165) is 51.4 Å². The molecule has 0 bridgehead atoms. The Morgan fingerprint density at radius 2 is 1.08 bits per heavy atom. The van der Waals surface area contributed by atoms with Crippen molar-refractivity contribution in [1.29, 1.82) is 0 Å². The molecule has 0 saturated heterocycles. The number of esters is 2. The molecular weight excluding hydrogens is 320 g/mol. The molecule has 5 heteroatoms. The third-order valence-corrected chi connectivity index (χ3v) is 5.22. The van der Waals surface area contributed by atoms with Crippen molar-refractivity contribution >= 4 is 11.9 Å². The van der Waals surface area contributed by atoms with E-state index in [1.807, 2.05) is 13.8 Å². The molecule has 2 fully saturated rings. The second-order valence-electron chi connectivity index (χ2n) is 7.70. The van der Waals surface area contributed by atoms with E-state index in [1.54, 1.807) is 0 Å². The summed E-state index contributed by atoms with van der Waals surface area (Å²) in [6.45, 7) is 4.37. The number of carbonyl (C=O) groups is 2. The predicted octanol–water partition coefficient (Wildman–Crippen LogP) is 4.03. The van der Waals surface area contributed by atoms with Crippen molar-refractivity contribution in [3.8, 4) is 0 Å². The fraction of sp³-hybridized carbons (Fsp3) is 0.900. The third-order valence-electron chi connectivity index (χ3n) is 5.22.